The van der Waals surface area contributed by atoms with Crippen LogP contribution in [0.5, 0.6) is 0 Å². The Bertz CT molecular complexity index is 496. The van der Waals surface area contributed by atoms with Crippen molar-refractivity contribution in [1.29, 1.82) is 0 Å². The van der Waals surface area contributed by atoms with Crippen LogP contribution in [0.3, 0.4) is 0 Å². The zero-order chi connectivity index (χ0) is 14.3. The zero-order valence-electron chi connectivity index (χ0n) is 12.5. The third-order valence-corrected chi connectivity index (χ3v) is 5.25. The first-order valence-electron chi connectivity index (χ1n) is 7.48. The molecule has 2 heterocycles. The highest BCUT2D eigenvalue weighted by molar-refractivity contribution is 5.75. The Morgan fingerprint density at radius 2 is 1.95 bits per heavy atom. The van der Waals surface area contributed by atoms with Gasteiger partial charge >= 0.3 is 5.97 Å². The van der Waals surface area contributed by atoms with Crippen molar-refractivity contribution < 1.29 is 9.53 Å². The summed E-state index contributed by atoms with van der Waals surface area (Å²) in [4.78, 5) is 14.7. The average Bonchev–Trinajstić information content (AvgIpc) is 2.70. The molecule has 0 N–H and O–H groups in total. The molecule has 2 aliphatic rings. The number of rotatable bonds is 2. The van der Waals surface area contributed by atoms with Gasteiger partial charge in [-0.15, -0.1) is 0 Å². The Hall–Kier alpha value is -1.35. The van der Waals surface area contributed by atoms with E-state index in [4.69, 9.17) is 4.74 Å². The first kappa shape index (κ1) is 13.6. The molecule has 1 aromatic carbocycles. The van der Waals surface area contributed by atoms with Gasteiger partial charge in [0.05, 0.1) is 13.0 Å². The van der Waals surface area contributed by atoms with E-state index in [1.807, 2.05) is 0 Å². The van der Waals surface area contributed by atoms with Crippen LogP contribution in [0.4, 0.5) is 0 Å². The molecule has 3 rings (SSSR count). The number of carbonyl (C=O) groups excluding carboxylic acids is 1. The number of hydrogen-bond acceptors (Lipinski definition) is 3. The van der Waals surface area contributed by atoms with Crippen LogP contribution in [-0.2, 0) is 9.53 Å². The molecule has 1 aromatic rings. The molecule has 3 heteroatoms. The van der Waals surface area contributed by atoms with Gasteiger partial charge < -0.3 is 4.74 Å². The van der Waals surface area contributed by atoms with Crippen LogP contribution in [0.1, 0.15) is 36.3 Å². The molecule has 0 unspecified atom stereocenters. The number of esters is 1. The van der Waals surface area contributed by atoms with Crippen LogP contribution in [-0.4, -0.2) is 37.1 Å². The summed E-state index contributed by atoms with van der Waals surface area (Å²) in [6, 6.07) is 9.61. The lowest BCUT2D eigenvalue weighted by atomic mass is 9.76. The fourth-order valence-electron chi connectivity index (χ4n) is 4.08. The molecule has 2 saturated heterocycles. The smallest absolute Gasteiger partial charge is 0.310 e. The fraction of sp³-hybridized carbons (Fsp3) is 0.588. The third-order valence-electron chi connectivity index (χ3n) is 5.25. The largest absolute Gasteiger partial charge is 0.469 e. The number of benzene rings is 1. The number of piperidine rings is 1. The van der Waals surface area contributed by atoms with E-state index in [0.717, 1.165) is 12.8 Å². The Morgan fingerprint density at radius 1 is 1.25 bits per heavy atom. The summed E-state index contributed by atoms with van der Waals surface area (Å²) in [5.41, 5.74) is 2.55. The van der Waals surface area contributed by atoms with Crippen LogP contribution >= 0.6 is 0 Å². The first-order chi connectivity index (χ1) is 9.61. The predicted octanol–water partition coefficient (Wildman–Crippen LogP) is 2.73. The van der Waals surface area contributed by atoms with Crippen molar-refractivity contribution in [2.45, 2.75) is 44.2 Å². The summed E-state index contributed by atoms with van der Waals surface area (Å²) >= 11 is 0. The summed E-state index contributed by atoms with van der Waals surface area (Å²) in [5, 5.41) is 0. The number of nitrogens with zero attached hydrogens (tertiary/aromatic N) is 1. The molecule has 0 aromatic heterocycles. The molecule has 0 saturated carbocycles. The van der Waals surface area contributed by atoms with Crippen LogP contribution in [0.15, 0.2) is 24.3 Å². The number of carbonyl (C=O) groups is 1. The molecular formula is C17H23NO2. The molecule has 0 amide bonds. The molecule has 2 bridgehead atoms. The Kier molecular flexibility index (Phi) is 3.55. The fourth-order valence-corrected chi connectivity index (χ4v) is 4.08. The lowest BCUT2D eigenvalue weighted by Crippen LogP contribution is -2.49. The summed E-state index contributed by atoms with van der Waals surface area (Å²) in [6.07, 6.45) is 3.39. The quantitative estimate of drug-likeness (QED) is 0.776. The van der Waals surface area contributed by atoms with Crippen LogP contribution in [0, 0.1) is 12.8 Å². The standard InChI is InChI=1S/C17H23NO2/c1-11-4-6-12(7-5-11)14-10-13-8-9-15(18(13)2)16(14)17(19)20-3/h4-7,13-16H,8-10H2,1-3H3/t13-,14+,15-,16+/m1/s1. The normalized spacial score (nSPS) is 33.1. The van der Waals surface area contributed by atoms with Crippen molar-refractivity contribution in [1.82, 2.24) is 4.90 Å². The topological polar surface area (TPSA) is 29.5 Å². The lowest BCUT2D eigenvalue weighted by molar-refractivity contribution is -0.150. The Balaban J connectivity index is 1.95. The van der Waals surface area contributed by atoms with Gasteiger partial charge in [-0.05, 0) is 38.8 Å². The molecule has 4 atom stereocenters. The second-order valence-electron chi connectivity index (χ2n) is 6.27. The minimum absolute atomic E-state index is 0.0218. The van der Waals surface area contributed by atoms with E-state index in [2.05, 4.69) is 43.1 Å². The van der Waals surface area contributed by atoms with Gasteiger partial charge in [-0.2, -0.15) is 0 Å². The minimum atomic E-state index is -0.0484. The molecule has 0 aliphatic carbocycles. The van der Waals surface area contributed by atoms with E-state index in [0.29, 0.717) is 18.0 Å². The molecule has 20 heavy (non-hydrogen) atoms. The Morgan fingerprint density at radius 3 is 2.60 bits per heavy atom. The highest BCUT2D eigenvalue weighted by Gasteiger charge is 2.49. The predicted molar refractivity (Wildman–Crippen MR) is 78.6 cm³/mol. The first-order valence-corrected chi connectivity index (χ1v) is 7.48. The summed E-state index contributed by atoms with van der Waals surface area (Å²) in [6.45, 7) is 2.10. The van der Waals surface area contributed by atoms with E-state index in [9.17, 15) is 4.79 Å². The van der Waals surface area contributed by atoms with Crippen molar-refractivity contribution in [2.24, 2.45) is 5.92 Å². The molecule has 108 valence electrons. The van der Waals surface area contributed by atoms with Gasteiger partial charge in [-0.1, -0.05) is 29.8 Å². The van der Waals surface area contributed by atoms with Gasteiger partial charge in [0.15, 0.2) is 0 Å². The third kappa shape index (κ3) is 2.14. The highest BCUT2D eigenvalue weighted by atomic mass is 16.5. The zero-order valence-corrected chi connectivity index (χ0v) is 12.5. The van der Waals surface area contributed by atoms with Crippen molar-refractivity contribution in [3.63, 3.8) is 0 Å². The monoisotopic (exact) mass is 273 g/mol. The van der Waals surface area contributed by atoms with Gasteiger partial charge in [0.2, 0.25) is 0 Å². The van der Waals surface area contributed by atoms with E-state index < -0.39 is 0 Å². The summed E-state index contributed by atoms with van der Waals surface area (Å²) < 4.78 is 5.10. The van der Waals surface area contributed by atoms with Crippen molar-refractivity contribution in [3.05, 3.63) is 35.4 Å². The summed E-state index contributed by atoms with van der Waals surface area (Å²) in [7, 11) is 3.67. The summed E-state index contributed by atoms with van der Waals surface area (Å²) in [5.74, 6) is 0.232. The molecule has 3 nitrogen and oxygen atoms in total. The second kappa shape index (κ2) is 5.21. The van der Waals surface area contributed by atoms with Gasteiger partial charge in [-0.25, -0.2) is 0 Å². The molecule has 2 aliphatic heterocycles. The SMILES string of the molecule is COC(=O)[C@@H]1[C@H]2CC[C@H](C[C@H]1c1ccc(C)cc1)N2C. The lowest BCUT2D eigenvalue weighted by Gasteiger charge is -2.41. The van der Waals surface area contributed by atoms with Crippen LogP contribution < -0.4 is 0 Å². The number of aryl methyl sites for hydroxylation is 1. The molecular weight excluding hydrogens is 250 g/mol. The molecule has 2 fully saturated rings. The van der Waals surface area contributed by atoms with E-state index in [-0.39, 0.29) is 11.9 Å². The van der Waals surface area contributed by atoms with Crippen LogP contribution in [0.2, 0.25) is 0 Å². The number of ether oxygens (including phenoxy) is 1. The maximum Gasteiger partial charge on any atom is 0.310 e. The van der Waals surface area contributed by atoms with Crippen molar-refractivity contribution in [3.8, 4) is 0 Å². The van der Waals surface area contributed by atoms with Gasteiger partial charge in [0.1, 0.15) is 0 Å². The van der Waals surface area contributed by atoms with Gasteiger partial charge in [-0.3, -0.25) is 9.69 Å². The van der Waals surface area contributed by atoms with E-state index in [1.54, 1.807) is 0 Å². The van der Waals surface area contributed by atoms with Gasteiger partial charge in [0.25, 0.3) is 0 Å². The minimum Gasteiger partial charge on any atom is -0.469 e. The average molecular weight is 273 g/mol. The maximum atomic E-state index is 12.3. The number of methoxy groups -OCH3 is 1. The van der Waals surface area contributed by atoms with Crippen LogP contribution in [0.25, 0.3) is 0 Å². The highest BCUT2D eigenvalue weighted by Crippen LogP contribution is 2.46. The maximum absolute atomic E-state index is 12.3. The number of fused-ring (bicyclic) bond motifs is 2. The van der Waals surface area contributed by atoms with Crippen molar-refractivity contribution >= 4 is 5.97 Å². The second-order valence-corrected chi connectivity index (χ2v) is 6.27. The molecule has 0 spiro atoms. The Labute approximate surface area is 120 Å². The molecule has 0 radical (unpaired) electrons. The number of hydrogen-bond donors (Lipinski definition) is 0. The van der Waals surface area contributed by atoms with E-state index >= 15 is 0 Å². The van der Waals surface area contributed by atoms with E-state index in [1.165, 1.54) is 24.7 Å². The van der Waals surface area contributed by atoms with Crippen molar-refractivity contribution in [2.75, 3.05) is 14.2 Å². The van der Waals surface area contributed by atoms with Gasteiger partial charge in [0, 0.05) is 18.0 Å².